The predicted molar refractivity (Wildman–Crippen MR) is 32.4 cm³/mol. The second kappa shape index (κ2) is 1.86. The van der Waals surface area contributed by atoms with Crippen molar-refractivity contribution in [1.82, 2.24) is 5.32 Å². The van der Waals surface area contributed by atoms with E-state index in [2.05, 4.69) is 5.32 Å². The largest absolute Gasteiger partial charge is 0.403 e. The number of nitrogens with two attached hydrogens (primary N) is 1. The lowest BCUT2D eigenvalue weighted by Crippen LogP contribution is -2.11. The van der Waals surface area contributed by atoms with Crippen molar-refractivity contribution in [3.8, 4) is 0 Å². The molecule has 0 aliphatic carbocycles. The van der Waals surface area contributed by atoms with Gasteiger partial charge in [-0.15, -0.1) is 0 Å². The van der Waals surface area contributed by atoms with Crippen molar-refractivity contribution in [2.75, 3.05) is 0 Å². The van der Waals surface area contributed by atoms with E-state index in [4.69, 9.17) is 11.1 Å². The molecule has 0 atom stereocenters. The molecule has 0 unspecified atom stereocenters. The molecule has 0 aromatic carbocycles. The molecular weight excluding hydrogens is 102 g/mol. The maximum atomic E-state index is 7.07. The zero-order valence-corrected chi connectivity index (χ0v) is 4.57. The minimum atomic E-state index is 0.571. The van der Waals surface area contributed by atoms with Crippen molar-refractivity contribution in [1.29, 1.82) is 5.41 Å². The summed E-state index contributed by atoms with van der Waals surface area (Å²) in [4.78, 5) is 0. The molecule has 44 valence electrons. The van der Waals surface area contributed by atoms with E-state index in [9.17, 15) is 0 Å². The first kappa shape index (κ1) is 5.15. The van der Waals surface area contributed by atoms with Gasteiger partial charge >= 0.3 is 0 Å². The van der Waals surface area contributed by atoms with Gasteiger partial charge in [0.2, 0.25) is 0 Å². The number of rotatable bonds is 0. The van der Waals surface area contributed by atoms with Gasteiger partial charge in [-0.05, 0) is 6.42 Å². The molecule has 1 aliphatic rings. The number of nitrogens with one attached hydrogen (secondary N) is 2. The fraction of sp³-hybridized carbons (Fsp3) is 0.400. The minimum Gasteiger partial charge on any atom is -0.403 e. The van der Waals surface area contributed by atoms with Crippen LogP contribution in [0.2, 0.25) is 0 Å². The molecule has 0 bridgehead atoms. The second-order valence-corrected chi connectivity index (χ2v) is 1.80. The van der Waals surface area contributed by atoms with Crippen LogP contribution >= 0.6 is 0 Å². The van der Waals surface area contributed by atoms with Gasteiger partial charge in [-0.2, -0.15) is 0 Å². The zero-order valence-electron chi connectivity index (χ0n) is 4.57. The summed E-state index contributed by atoms with van der Waals surface area (Å²) in [5, 5.41) is 9.90. The highest BCUT2D eigenvalue weighted by molar-refractivity contribution is 5.83. The van der Waals surface area contributed by atoms with Crippen LogP contribution < -0.4 is 11.1 Å². The van der Waals surface area contributed by atoms with Gasteiger partial charge < -0.3 is 11.1 Å². The van der Waals surface area contributed by atoms with Crippen LogP contribution in [0.25, 0.3) is 0 Å². The number of hydrogen-bond donors (Lipinski definition) is 3. The lowest BCUT2D eigenvalue weighted by atomic mass is 10.3. The van der Waals surface area contributed by atoms with Crippen LogP contribution in [-0.2, 0) is 0 Å². The van der Waals surface area contributed by atoms with E-state index in [0.717, 1.165) is 18.5 Å². The fourth-order valence-electron chi connectivity index (χ4n) is 0.703. The topological polar surface area (TPSA) is 61.9 Å². The van der Waals surface area contributed by atoms with Crippen molar-refractivity contribution in [3.63, 3.8) is 0 Å². The van der Waals surface area contributed by atoms with Gasteiger partial charge in [-0.3, -0.25) is 5.41 Å². The first-order valence-electron chi connectivity index (χ1n) is 2.58. The first-order valence-corrected chi connectivity index (χ1v) is 2.58. The maximum absolute atomic E-state index is 7.07. The number of allylic oxidation sites excluding steroid dienone is 1. The van der Waals surface area contributed by atoms with Gasteiger partial charge in [0.25, 0.3) is 0 Å². The van der Waals surface area contributed by atoms with E-state index in [1.807, 2.05) is 0 Å². The Labute approximate surface area is 48.1 Å². The summed E-state index contributed by atoms with van der Waals surface area (Å²) in [6, 6.07) is 0. The molecule has 0 amide bonds. The predicted octanol–water partition coefficient (Wildman–Crippen LogP) is 0.147. The summed E-state index contributed by atoms with van der Waals surface area (Å²) in [6.45, 7) is 0. The summed E-state index contributed by atoms with van der Waals surface area (Å²) in [5.41, 5.74) is 6.14. The average Bonchev–Trinajstić information content (AvgIpc) is 2.14. The zero-order chi connectivity index (χ0) is 5.98. The Morgan fingerprint density at radius 3 is 2.62 bits per heavy atom. The molecule has 1 fully saturated rings. The molecule has 0 spiro atoms. The fourth-order valence-corrected chi connectivity index (χ4v) is 0.703. The molecule has 1 aliphatic heterocycles. The summed E-state index contributed by atoms with van der Waals surface area (Å²) >= 11 is 0. The Morgan fingerprint density at radius 1 is 1.62 bits per heavy atom. The molecule has 1 saturated heterocycles. The van der Waals surface area contributed by atoms with Gasteiger partial charge in [0.1, 0.15) is 0 Å². The van der Waals surface area contributed by atoms with Crippen molar-refractivity contribution < 1.29 is 0 Å². The normalized spacial score (nSPS) is 24.0. The quantitative estimate of drug-likeness (QED) is 0.416. The van der Waals surface area contributed by atoms with Gasteiger partial charge in [0.05, 0.1) is 5.84 Å². The van der Waals surface area contributed by atoms with Gasteiger partial charge in [0.15, 0.2) is 0 Å². The standard InChI is InChI=1S/C5H9N3/c6-3-4-1-2-5(7)8-4/h3H,1-2,6H2,(H2,7,8). The third-order valence-electron chi connectivity index (χ3n) is 1.16. The van der Waals surface area contributed by atoms with Crippen LogP contribution in [0.3, 0.4) is 0 Å². The summed E-state index contributed by atoms with van der Waals surface area (Å²) < 4.78 is 0. The molecule has 3 heteroatoms. The lowest BCUT2D eigenvalue weighted by Gasteiger charge is -1.91. The lowest BCUT2D eigenvalue weighted by molar-refractivity contribution is 1.04. The Balaban J connectivity index is 2.56. The third kappa shape index (κ3) is 0.804. The summed E-state index contributed by atoms with van der Waals surface area (Å²) in [5.74, 6) is 0.571. The van der Waals surface area contributed by atoms with Crippen LogP contribution in [0.5, 0.6) is 0 Å². The van der Waals surface area contributed by atoms with E-state index >= 15 is 0 Å². The first-order chi connectivity index (χ1) is 3.83. The average molecular weight is 111 g/mol. The molecule has 0 aromatic heterocycles. The molecule has 1 rings (SSSR count). The highest BCUT2D eigenvalue weighted by Gasteiger charge is 2.08. The van der Waals surface area contributed by atoms with Crippen LogP contribution in [-0.4, -0.2) is 5.84 Å². The number of amidine groups is 1. The Bertz CT molecular complexity index is 137. The van der Waals surface area contributed by atoms with Crippen LogP contribution in [0, 0.1) is 5.41 Å². The van der Waals surface area contributed by atoms with Gasteiger partial charge in [0, 0.05) is 18.3 Å². The summed E-state index contributed by atoms with van der Waals surface area (Å²) in [6.07, 6.45) is 3.22. The molecule has 3 nitrogen and oxygen atoms in total. The van der Waals surface area contributed by atoms with Crippen molar-refractivity contribution in [3.05, 3.63) is 11.9 Å². The van der Waals surface area contributed by atoms with Crippen molar-refractivity contribution in [2.45, 2.75) is 12.8 Å². The Kier molecular flexibility index (Phi) is 1.20. The van der Waals surface area contributed by atoms with Crippen LogP contribution in [0.1, 0.15) is 12.8 Å². The monoisotopic (exact) mass is 111 g/mol. The smallest absolute Gasteiger partial charge is 0.0977 e. The molecule has 0 saturated carbocycles. The summed E-state index contributed by atoms with van der Waals surface area (Å²) in [7, 11) is 0. The highest BCUT2D eigenvalue weighted by atomic mass is 15.0. The van der Waals surface area contributed by atoms with Gasteiger partial charge in [-0.1, -0.05) is 0 Å². The van der Waals surface area contributed by atoms with E-state index in [0.29, 0.717) is 5.84 Å². The molecule has 8 heavy (non-hydrogen) atoms. The minimum absolute atomic E-state index is 0.571. The van der Waals surface area contributed by atoms with E-state index < -0.39 is 0 Å². The number of hydrogen-bond acceptors (Lipinski definition) is 2. The van der Waals surface area contributed by atoms with E-state index in [-0.39, 0.29) is 0 Å². The molecule has 1 heterocycles. The third-order valence-corrected chi connectivity index (χ3v) is 1.16. The molecule has 4 N–H and O–H groups in total. The Morgan fingerprint density at radius 2 is 2.38 bits per heavy atom. The van der Waals surface area contributed by atoms with Crippen molar-refractivity contribution >= 4 is 5.84 Å². The highest BCUT2D eigenvalue weighted by Crippen LogP contribution is 2.07. The van der Waals surface area contributed by atoms with E-state index in [1.54, 1.807) is 0 Å². The van der Waals surface area contributed by atoms with Crippen LogP contribution in [0.15, 0.2) is 11.9 Å². The maximum Gasteiger partial charge on any atom is 0.0977 e. The van der Waals surface area contributed by atoms with Crippen LogP contribution in [0.4, 0.5) is 0 Å². The molecule has 0 aromatic rings. The SMILES string of the molecule is N=C1CCC(=CN)N1. The van der Waals surface area contributed by atoms with Gasteiger partial charge in [-0.25, -0.2) is 0 Å². The van der Waals surface area contributed by atoms with Crippen molar-refractivity contribution in [2.24, 2.45) is 5.73 Å². The van der Waals surface area contributed by atoms with E-state index in [1.165, 1.54) is 6.20 Å². The molecule has 0 radical (unpaired) electrons. The molecular formula is C5H9N3. The second-order valence-electron chi connectivity index (χ2n) is 1.80. The Hall–Kier alpha value is -0.990.